The summed E-state index contributed by atoms with van der Waals surface area (Å²) in [5.74, 6) is 0.447. The van der Waals surface area contributed by atoms with Gasteiger partial charge in [-0.05, 0) is 36.1 Å². The van der Waals surface area contributed by atoms with Crippen molar-refractivity contribution < 1.29 is 12.8 Å². The first-order valence-electron chi connectivity index (χ1n) is 5.34. The first-order chi connectivity index (χ1) is 8.53. The van der Waals surface area contributed by atoms with Crippen molar-refractivity contribution in [1.29, 1.82) is 0 Å². The molecule has 0 saturated carbocycles. The number of hydrogen-bond donors (Lipinski definition) is 2. The van der Waals surface area contributed by atoms with Crippen molar-refractivity contribution in [3.05, 3.63) is 39.8 Å². The van der Waals surface area contributed by atoms with Gasteiger partial charge >= 0.3 is 0 Å². The molecule has 0 aliphatic heterocycles. The number of hydrogen-bond acceptors (Lipinski definition) is 5. The molecular weight excluding hydrogens is 272 g/mol. The van der Waals surface area contributed by atoms with Gasteiger partial charge < -0.3 is 10.2 Å². The predicted octanol–water partition coefficient (Wildman–Crippen LogP) is 1.59. The zero-order valence-corrected chi connectivity index (χ0v) is 11.5. The van der Waals surface area contributed by atoms with Crippen molar-refractivity contribution in [3.8, 4) is 0 Å². The van der Waals surface area contributed by atoms with Gasteiger partial charge in [-0.2, -0.15) is 0 Å². The summed E-state index contributed by atoms with van der Waals surface area (Å²) in [6.45, 7) is 2.39. The third-order valence-electron chi connectivity index (χ3n) is 2.49. The molecule has 2 rings (SSSR count). The molecule has 18 heavy (non-hydrogen) atoms. The fraction of sp³-hybridized carbons (Fsp3) is 0.273. The van der Waals surface area contributed by atoms with Crippen molar-refractivity contribution in [1.82, 2.24) is 4.72 Å². The Kier molecular flexibility index (Phi) is 3.86. The zero-order chi connectivity index (χ0) is 13.2. The number of rotatable bonds is 5. The maximum atomic E-state index is 11.9. The van der Waals surface area contributed by atoms with Crippen LogP contribution in [0.25, 0.3) is 0 Å². The highest BCUT2D eigenvalue weighted by Gasteiger charge is 2.18. The van der Waals surface area contributed by atoms with Crippen LogP contribution in [0.5, 0.6) is 0 Å². The molecule has 0 spiro atoms. The molecule has 0 fully saturated rings. The predicted molar refractivity (Wildman–Crippen MR) is 69.7 cm³/mol. The van der Waals surface area contributed by atoms with E-state index in [1.807, 2.05) is 18.4 Å². The Balaban J connectivity index is 2.10. The number of sulfonamides is 1. The Hall–Kier alpha value is -1.15. The molecule has 0 saturated heterocycles. The minimum atomic E-state index is -3.61. The molecule has 0 aliphatic rings. The molecule has 3 N–H and O–H groups in total. The van der Waals surface area contributed by atoms with E-state index in [0.717, 1.165) is 10.4 Å². The summed E-state index contributed by atoms with van der Waals surface area (Å²) in [7, 11) is -3.61. The lowest BCUT2D eigenvalue weighted by Gasteiger charge is -2.03. The minimum Gasteiger partial charge on any atom is -0.447 e. The highest BCUT2D eigenvalue weighted by atomic mass is 32.2. The minimum absolute atomic E-state index is 0.0999. The Morgan fingerprint density at radius 3 is 2.72 bits per heavy atom. The summed E-state index contributed by atoms with van der Waals surface area (Å²) in [5.41, 5.74) is 6.44. The summed E-state index contributed by atoms with van der Waals surface area (Å²) >= 11 is 1.52. The molecule has 98 valence electrons. The smallest absolute Gasteiger partial charge is 0.274 e. The van der Waals surface area contributed by atoms with Gasteiger partial charge in [0, 0.05) is 11.4 Å². The van der Waals surface area contributed by atoms with E-state index in [4.69, 9.17) is 10.2 Å². The van der Waals surface area contributed by atoms with Crippen molar-refractivity contribution in [2.75, 3.05) is 0 Å². The summed E-state index contributed by atoms with van der Waals surface area (Å²) in [5, 5.41) is 1.83. The van der Waals surface area contributed by atoms with Crippen LogP contribution >= 0.6 is 11.3 Å². The van der Waals surface area contributed by atoms with Gasteiger partial charge in [-0.1, -0.05) is 0 Å². The molecular formula is C11H14N2O3S2. The first-order valence-corrected chi connectivity index (χ1v) is 7.70. The Morgan fingerprint density at radius 1 is 1.39 bits per heavy atom. The lowest BCUT2D eigenvalue weighted by Crippen LogP contribution is -2.22. The van der Waals surface area contributed by atoms with E-state index in [2.05, 4.69) is 4.72 Å². The van der Waals surface area contributed by atoms with Crippen molar-refractivity contribution >= 4 is 21.4 Å². The molecule has 2 heterocycles. The molecule has 0 unspecified atom stereocenters. The zero-order valence-electron chi connectivity index (χ0n) is 9.84. The normalized spacial score (nSPS) is 11.9. The van der Waals surface area contributed by atoms with Crippen molar-refractivity contribution in [2.45, 2.75) is 25.1 Å². The topological polar surface area (TPSA) is 85.3 Å². The van der Waals surface area contributed by atoms with E-state index in [-0.39, 0.29) is 18.2 Å². The summed E-state index contributed by atoms with van der Waals surface area (Å²) in [6.07, 6.45) is 0. The van der Waals surface area contributed by atoms with Crippen LogP contribution in [-0.2, 0) is 23.1 Å². The Morgan fingerprint density at radius 2 is 2.17 bits per heavy atom. The van der Waals surface area contributed by atoms with E-state index in [9.17, 15) is 8.42 Å². The van der Waals surface area contributed by atoms with E-state index >= 15 is 0 Å². The Labute approximate surface area is 110 Å². The van der Waals surface area contributed by atoms with E-state index in [1.165, 1.54) is 17.4 Å². The number of thiophene rings is 1. The first kappa shape index (κ1) is 13.3. The van der Waals surface area contributed by atoms with Crippen LogP contribution in [0, 0.1) is 6.92 Å². The van der Waals surface area contributed by atoms with Crippen molar-refractivity contribution in [3.63, 3.8) is 0 Å². The summed E-state index contributed by atoms with van der Waals surface area (Å²) < 4.78 is 31.5. The van der Waals surface area contributed by atoms with Gasteiger partial charge in [-0.3, -0.25) is 0 Å². The van der Waals surface area contributed by atoms with Gasteiger partial charge in [0.1, 0.15) is 5.76 Å². The van der Waals surface area contributed by atoms with Crippen LogP contribution in [0.4, 0.5) is 0 Å². The lowest BCUT2D eigenvalue weighted by atomic mass is 10.3. The average Bonchev–Trinajstić information content (AvgIpc) is 2.95. The van der Waals surface area contributed by atoms with Crippen LogP contribution in [0.2, 0.25) is 0 Å². The van der Waals surface area contributed by atoms with E-state index in [0.29, 0.717) is 5.76 Å². The molecule has 0 radical (unpaired) electrons. The Bertz CT molecular complexity index is 628. The van der Waals surface area contributed by atoms with Crippen molar-refractivity contribution in [2.24, 2.45) is 5.73 Å². The molecule has 5 nitrogen and oxygen atoms in total. The molecule has 0 amide bonds. The number of aryl methyl sites for hydroxylation is 1. The van der Waals surface area contributed by atoms with Gasteiger partial charge in [-0.15, -0.1) is 11.3 Å². The molecule has 0 atom stereocenters. The van der Waals surface area contributed by atoms with Gasteiger partial charge in [-0.25, -0.2) is 13.1 Å². The van der Waals surface area contributed by atoms with Crippen LogP contribution in [0.1, 0.15) is 16.2 Å². The molecule has 7 heteroatoms. The SMILES string of the molecule is Cc1ccsc1CNS(=O)(=O)c1ccc(CN)o1. The second-order valence-corrected chi connectivity index (χ2v) is 6.47. The summed E-state index contributed by atoms with van der Waals surface area (Å²) in [4.78, 5) is 0.990. The fourth-order valence-electron chi connectivity index (χ4n) is 1.43. The third-order valence-corrected chi connectivity index (χ3v) is 4.79. The van der Waals surface area contributed by atoms with E-state index < -0.39 is 10.0 Å². The number of nitrogens with one attached hydrogen (secondary N) is 1. The molecule has 2 aromatic rings. The van der Waals surface area contributed by atoms with Crippen LogP contribution in [0.3, 0.4) is 0 Å². The molecule has 0 bridgehead atoms. The maximum absolute atomic E-state index is 11.9. The third kappa shape index (κ3) is 2.81. The van der Waals surface area contributed by atoms with Gasteiger partial charge in [0.15, 0.2) is 0 Å². The quantitative estimate of drug-likeness (QED) is 0.874. The van der Waals surface area contributed by atoms with Gasteiger partial charge in [0.2, 0.25) is 5.09 Å². The van der Waals surface area contributed by atoms with Gasteiger partial charge in [0.05, 0.1) is 6.54 Å². The largest absolute Gasteiger partial charge is 0.447 e. The maximum Gasteiger partial charge on any atom is 0.274 e. The molecule has 0 aromatic carbocycles. The molecule has 0 aliphatic carbocycles. The lowest BCUT2D eigenvalue weighted by molar-refractivity contribution is 0.413. The van der Waals surface area contributed by atoms with Crippen LogP contribution in [-0.4, -0.2) is 8.42 Å². The number of furan rings is 1. The second-order valence-electron chi connectivity index (χ2n) is 3.78. The highest BCUT2D eigenvalue weighted by molar-refractivity contribution is 7.89. The second kappa shape index (κ2) is 5.23. The van der Waals surface area contributed by atoms with E-state index in [1.54, 1.807) is 6.07 Å². The summed E-state index contributed by atoms with van der Waals surface area (Å²) in [6, 6.07) is 4.92. The molecule has 2 aromatic heterocycles. The number of nitrogens with two attached hydrogens (primary N) is 1. The average molecular weight is 286 g/mol. The monoisotopic (exact) mass is 286 g/mol. The van der Waals surface area contributed by atoms with Crippen LogP contribution < -0.4 is 10.5 Å². The fourth-order valence-corrected chi connectivity index (χ4v) is 3.31. The standard InChI is InChI=1S/C11H14N2O3S2/c1-8-4-5-17-10(8)7-13-18(14,15)11-3-2-9(6-12)16-11/h2-5,13H,6-7,12H2,1H3. The van der Waals surface area contributed by atoms with Gasteiger partial charge in [0.25, 0.3) is 10.0 Å². The van der Waals surface area contributed by atoms with Crippen LogP contribution in [0.15, 0.2) is 33.1 Å². The highest BCUT2D eigenvalue weighted by Crippen LogP contribution is 2.17.